The Bertz CT molecular complexity index is 539. The highest BCUT2D eigenvalue weighted by Gasteiger charge is 2.24. The SMILES string of the molecule is CCN1CCC[C@@H]1c1ccc(Sc2ccccc2)nc1. The van der Waals surface area contributed by atoms with Crippen molar-refractivity contribution in [2.75, 3.05) is 13.1 Å². The van der Waals surface area contributed by atoms with Crippen LogP contribution in [0.15, 0.2) is 58.6 Å². The predicted octanol–water partition coefficient (Wildman–Crippen LogP) is 4.39. The Labute approximate surface area is 125 Å². The molecule has 0 N–H and O–H groups in total. The van der Waals surface area contributed by atoms with Crippen LogP contribution in [0.1, 0.15) is 31.4 Å². The molecule has 1 aromatic heterocycles. The molecule has 1 aromatic carbocycles. The fraction of sp³-hybridized carbons (Fsp3) is 0.353. The van der Waals surface area contributed by atoms with Crippen molar-refractivity contribution in [3.05, 3.63) is 54.2 Å². The summed E-state index contributed by atoms with van der Waals surface area (Å²) in [6, 6.07) is 15.4. The molecule has 2 nitrogen and oxygen atoms in total. The zero-order chi connectivity index (χ0) is 13.8. The number of pyridine rings is 1. The van der Waals surface area contributed by atoms with Crippen LogP contribution in [0.3, 0.4) is 0 Å². The van der Waals surface area contributed by atoms with Crippen molar-refractivity contribution in [2.24, 2.45) is 0 Å². The summed E-state index contributed by atoms with van der Waals surface area (Å²) in [7, 11) is 0. The normalized spacial score (nSPS) is 19.4. The average Bonchev–Trinajstić information content (AvgIpc) is 2.98. The molecule has 2 heterocycles. The molecular weight excluding hydrogens is 264 g/mol. The summed E-state index contributed by atoms with van der Waals surface area (Å²) in [6.07, 6.45) is 4.63. The topological polar surface area (TPSA) is 16.1 Å². The van der Waals surface area contributed by atoms with Crippen molar-refractivity contribution in [3.63, 3.8) is 0 Å². The van der Waals surface area contributed by atoms with Gasteiger partial charge in [0.05, 0.1) is 0 Å². The zero-order valence-electron chi connectivity index (χ0n) is 11.8. The molecule has 2 aromatic rings. The smallest absolute Gasteiger partial charge is 0.101 e. The Morgan fingerprint density at radius 2 is 2.05 bits per heavy atom. The molecule has 3 rings (SSSR count). The van der Waals surface area contributed by atoms with E-state index in [0.717, 1.165) is 11.6 Å². The van der Waals surface area contributed by atoms with Crippen LogP contribution in [0.25, 0.3) is 0 Å². The highest BCUT2D eigenvalue weighted by Crippen LogP contribution is 2.32. The minimum Gasteiger partial charge on any atom is -0.297 e. The van der Waals surface area contributed by atoms with Crippen LogP contribution in [0.4, 0.5) is 0 Å². The van der Waals surface area contributed by atoms with Gasteiger partial charge in [0.2, 0.25) is 0 Å². The van der Waals surface area contributed by atoms with Gasteiger partial charge in [-0.2, -0.15) is 0 Å². The number of hydrogen-bond donors (Lipinski definition) is 0. The van der Waals surface area contributed by atoms with Crippen molar-refractivity contribution < 1.29 is 0 Å². The molecule has 104 valence electrons. The van der Waals surface area contributed by atoms with Gasteiger partial charge < -0.3 is 0 Å². The number of hydrogen-bond acceptors (Lipinski definition) is 3. The van der Waals surface area contributed by atoms with Gasteiger partial charge in [-0.25, -0.2) is 4.98 Å². The van der Waals surface area contributed by atoms with E-state index in [9.17, 15) is 0 Å². The van der Waals surface area contributed by atoms with Crippen molar-refractivity contribution >= 4 is 11.8 Å². The summed E-state index contributed by atoms with van der Waals surface area (Å²) in [6.45, 7) is 4.60. The minimum absolute atomic E-state index is 0.572. The van der Waals surface area contributed by atoms with Gasteiger partial charge in [0, 0.05) is 17.1 Å². The second kappa shape index (κ2) is 6.42. The number of likely N-dealkylation sites (tertiary alicyclic amines) is 1. The summed E-state index contributed by atoms with van der Waals surface area (Å²) in [5.41, 5.74) is 1.36. The minimum atomic E-state index is 0.572. The average molecular weight is 284 g/mol. The Morgan fingerprint density at radius 1 is 1.20 bits per heavy atom. The van der Waals surface area contributed by atoms with E-state index in [0.29, 0.717) is 6.04 Å². The van der Waals surface area contributed by atoms with E-state index < -0.39 is 0 Å². The summed E-state index contributed by atoms with van der Waals surface area (Å²) >= 11 is 1.72. The van der Waals surface area contributed by atoms with E-state index in [1.165, 1.54) is 29.8 Å². The van der Waals surface area contributed by atoms with E-state index in [1.54, 1.807) is 11.8 Å². The van der Waals surface area contributed by atoms with Gasteiger partial charge >= 0.3 is 0 Å². The number of benzene rings is 1. The lowest BCUT2D eigenvalue weighted by molar-refractivity contribution is 0.271. The molecule has 1 aliphatic rings. The van der Waals surface area contributed by atoms with Crippen LogP contribution >= 0.6 is 11.8 Å². The maximum atomic E-state index is 4.62. The first-order chi connectivity index (χ1) is 9.86. The van der Waals surface area contributed by atoms with E-state index >= 15 is 0 Å². The Morgan fingerprint density at radius 3 is 2.75 bits per heavy atom. The molecule has 0 spiro atoms. The highest BCUT2D eigenvalue weighted by molar-refractivity contribution is 7.99. The van der Waals surface area contributed by atoms with Gasteiger partial charge in [-0.15, -0.1) is 0 Å². The second-order valence-corrected chi connectivity index (χ2v) is 6.23. The molecule has 0 saturated carbocycles. The van der Waals surface area contributed by atoms with Crippen LogP contribution in [-0.2, 0) is 0 Å². The molecule has 1 saturated heterocycles. The van der Waals surface area contributed by atoms with Gasteiger partial charge in [-0.1, -0.05) is 43.0 Å². The lowest BCUT2D eigenvalue weighted by Crippen LogP contribution is -2.22. The molecule has 3 heteroatoms. The molecule has 0 unspecified atom stereocenters. The van der Waals surface area contributed by atoms with Crippen molar-refractivity contribution in [1.82, 2.24) is 9.88 Å². The maximum Gasteiger partial charge on any atom is 0.101 e. The highest BCUT2D eigenvalue weighted by atomic mass is 32.2. The fourth-order valence-corrected chi connectivity index (χ4v) is 3.62. The molecule has 0 amide bonds. The Kier molecular flexibility index (Phi) is 4.38. The van der Waals surface area contributed by atoms with Crippen molar-refractivity contribution in [2.45, 2.75) is 35.7 Å². The van der Waals surface area contributed by atoms with Gasteiger partial charge in [0.15, 0.2) is 0 Å². The fourth-order valence-electron chi connectivity index (χ4n) is 2.84. The van der Waals surface area contributed by atoms with Crippen molar-refractivity contribution in [1.29, 1.82) is 0 Å². The van der Waals surface area contributed by atoms with E-state index in [-0.39, 0.29) is 0 Å². The van der Waals surface area contributed by atoms with Crippen LogP contribution in [0.2, 0.25) is 0 Å². The molecule has 0 bridgehead atoms. The maximum absolute atomic E-state index is 4.62. The first kappa shape index (κ1) is 13.7. The van der Waals surface area contributed by atoms with Gasteiger partial charge in [-0.3, -0.25) is 4.90 Å². The van der Waals surface area contributed by atoms with Gasteiger partial charge in [-0.05, 0) is 49.7 Å². The first-order valence-electron chi connectivity index (χ1n) is 7.29. The van der Waals surface area contributed by atoms with Crippen LogP contribution in [0, 0.1) is 0 Å². The lowest BCUT2D eigenvalue weighted by atomic mass is 10.1. The largest absolute Gasteiger partial charge is 0.297 e. The third-order valence-corrected chi connectivity index (χ3v) is 4.84. The summed E-state index contributed by atoms with van der Waals surface area (Å²) in [5, 5.41) is 1.07. The third kappa shape index (κ3) is 3.05. The molecule has 1 fully saturated rings. The third-order valence-electron chi connectivity index (χ3n) is 3.88. The Hall–Kier alpha value is -1.32. The molecule has 0 aliphatic carbocycles. The summed E-state index contributed by atoms with van der Waals surface area (Å²) in [4.78, 5) is 8.41. The standard InChI is InChI=1S/C17H20N2S/c1-2-19-12-6-9-16(19)14-10-11-17(18-13-14)20-15-7-4-3-5-8-15/h3-5,7-8,10-11,13,16H,2,6,9,12H2,1H3/t16-/m1/s1. The molecule has 1 atom stereocenters. The number of rotatable bonds is 4. The quantitative estimate of drug-likeness (QED) is 0.828. The molecule has 20 heavy (non-hydrogen) atoms. The van der Waals surface area contributed by atoms with Gasteiger partial charge in [0.1, 0.15) is 5.03 Å². The van der Waals surface area contributed by atoms with Crippen LogP contribution < -0.4 is 0 Å². The van der Waals surface area contributed by atoms with E-state index in [1.807, 2.05) is 6.07 Å². The molecular formula is C17H20N2S. The molecule has 1 aliphatic heterocycles. The molecule has 0 radical (unpaired) electrons. The predicted molar refractivity (Wildman–Crippen MR) is 84.0 cm³/mol. The van der Waals surface area contributed by atoms with E-state index in [2.05, 4.69) is 59.4 Å². The summed E-state index contributed by atoms with van der Waals surface area (Å²) in [5.74, 6) is 0. The van der Waals surface area contributed by atoms with Crippen molar-refractivity contribution in [3.8, 4) is 0 Å². The number of nitrogens with zero attached hydrogens (tertiary/aromatic N) is 2. The Balaban J connectivity index is 1.71. The zero-order valence-corrected chi connectivity index (χ0v) is 12.6. The van der Waals surface area contributed by atoms with E-state index in [4.69, 9.17) is 0 Å². The summed E-state index contributed by atoms with van der Waals surface area (Å²) < 4.78 is 0. The number of aromatic nitrogens is 1. The lowest BCUT2D eigenvalue weighted by Gasteiger charge is -2.22. The first-order valence-corrected chi connectivity index (χ1v) is 8.11. The monoisotopic (exact) mass is 284 g/mol. The van der Waals surface area contributed by atoms with Crippen LogP contribution in [0.5, 0.6) is 0 Å². The van der Waals surface area contributed by atoms with Gasteiger partial charge in [0.25, 0.3) is 0 Å². The van der Waals surface area contributed by atoms with Crippen LogP contribution in [-0.4, -0.2) is 23.0 Å². The second-order valence-electron chi connectivity index (χ2n) is 5.13.